The molecule has 0 amide bonds. The maximum atomic E-state index is 13.1. The highest BCUT2D eigenvalue weighted by Crippen LogP contribution is 2.31. The number of hydrogen-bond acceptors (Lipinski definition) is 6. The molecule has 2 heterocycles. The van der Waals surface area contributed by atoms with E-state index < -0.39 is 0 Å². The third-order valence-electron chi connectivity index (χ3n) is 3.97. The Morgan fingerprint density at radius 2 is 1.81 bits per heavy atom. The van der Waals surface area contributed by atoms with Gasteiger partial charge in [0, 0.05) is 17.3 Å². The van der Waals surface area contributed by atoms with Crippen LogP contribution in [0.5, 0.6) is 11.5 Å². The fourth-order valence-electron chi connectivity index (χ4n) is 2.62. The van der Waals surface area contributed by atoms with Crippen LogP contribution in [0.4, 0.5) is 4.39 Å². The molecular weight excluding hydrogens is 367 g/mol. The van der Waals surface area contributed by atoms with Gasteiger partial charge in [0.05, 0.1) is 11.4 Å². The van der Waals surface area contributed by atoms with E-state index in [-0.39, 0.29) is 17.4 Å². The van der Waals surface area contributed by atoms with Crippen LogP contribution in [0.3, 0.4) is 0 Å². The molecule has 0 saturated carbocycles. The second-order valence-electron chi connectivity index (χ2n) is 5.80. The normalized spacial score (nSPS) is 12.6. The topological polar surface area (TPSA) is 61.3 Å². The fourth-order valence-corrected chi connectivity index (χ4v) is 3.35. The molecule has 0 atom stereocenters. The van der Waals surface area contributed by atoms with E-state index in [4.69, 9.17) is 9.47 Å². The Hall–Kier alpha value is -2.93. The number of aromatic nitrogens is 2. The molecule has 0 N–H and O–H groups in total. The summed E-state index contributed by atoms with van der Waals surface area (Å²) in [6.07, 6.45) is 1.63. The van der Waals surface area contributed by atoms with Crippen LogP contribution in [0.1, 0.15) is 10.4 Å². The van der Waals surface area contributed by atoms with E-state index in [1.54, 1.807) is 42.6 Å². The van der Waals surface area contributed by atoms with Gasteiger partial charge in [-0.05, 0) is 48.5 Å². The van der Waals surface area contributed by atoms with Crippen molar-refractivity contribution in [3.63, 3.8) is 0 Å². The smallest absolute Gasteiger partial charge is 0.188 e. The number of Topliss-reactive ketones (excluding diaryl/α,β-unsaturated/α-hetero) is 1. The van der Waals surface area contributed by atoms with E-state index in [0.29, 0.717) is 41.1 Å². The first-order chi connectivity index (χ1) is 13.2. The van der Waals surface area contributed by atoms with Gasteiger partial charge in [0.1, 0.15) is 19.0 Å². The summed E-state index contributed by atoms with van der Waals surface area (Å²) in [5, 5.41) is 0.489. The van der Waals surface area contributed by atoms with Gasteiger partial charge < -0.3 is 9.47 Å². The summed E-state index contributed by atoms with van der Waals surface area (Å²) >= 11 is 1.25. The molecule has 136 valence electrons. The van der Waals surface area contributed by atoms with Crippen LogP contribution in [0.15, 0.2) is 59.9 Å². The molecule has 27 heavy (non-hydrogen) atoms. The maximum Gasteiger partial charge on any atom is 0.188 e. The number of carbonyl (C=O) groups excluding carboxylic acids is 1. The molecule has 0 spiro atoms. The molecule has 3 aromatic rings. The number of benzene rings is 2. The van der Waals surface area contributed by atoms with E-state index in [0.717, 1.165) is 5.56 Å². The number of nitrogens with zero attached hydrogens (tertiary/aromatic N) is 2. The Labute approximate surface area is 159 Å². The average molecular weight is 382 g/mol. The highest BCUT2D eigenvalue weighted by molar-refractivity contribution is 7.99. The molecule has 0 aliphatic carbocycles. The largest absolute Gasteiger partial charge is 0.486 e. The van der Waals surface area contributed by atoms with E-state index in [1.165, 1.54) is 23.9 Å². The predicted octanol–water partition coefficient (Wildman–Crippen LogP) is 4.03. The molecule has 0 radical (unpaired) electrons. The molecule has 1 aliphatic rings. The molecule has 4 rings (SSSR count). The average Bonchev–Trinajstić information content (AvgIpc) is 2.72. The first-order valence-electron chi connectivity index (χ1n) is 8.34. The number of ether oxygens (including phenoxy) is 2. The van der Waals surface area contributed by atoms with Crippen molar-refractivity contribution in [1.29, 1.82) is 0 Å². The van der Waals surface area contributed by atoms with Gasteiger partial charge in [-0.15, -0.1) is 0 Å². The summed E-state index contributed by atoms with van der Waals surface area (Å²) in [5.41, 5.74) is 2.03. The third kappa shape index (κ3) is 4.09. The summed E-state index contributed by atoms with van der Waals surface area (Å²) in [6.45, 7) is 0.987. The summed E-state index contributed by atoms with van der Waals surface area (Å²) in [6, 6.07) is 13.0. The highest BCUT2D eigenvalue weighted by Gasteiger charge is 2.15. The molecule has 0 bridgehead atoms. The number of carbonyl (C=O) groups is 1. The zero-order valence-corrected chi connectivity index (χ0v) is 15.0. The van der Waals surface area contributed by atoms with Gasteiger partial charge in [0.2, 0.25) is 0 Å². The molecule has 5 nitrogen and oxygen atoms in total. The van der Waals surface area contributed by atoms with Gasteiger partial charge in [-0.25, -0.2) is 14.4 Å². The van der Waals surface area contributed by atoms with Crippen molar-refractivity contribution < 1.29 is 18.7 Å². The number of rotatable bonds is 5. The molecule has 1 aliphatic heterocycles. The van der Waals surface area contributed by atoms with Crippen LogP contribution in [0.25, 0.3) is 11.3 Å². The lowest BCUT2D eigenvalue weighted by Gasteiger charge is -2.18. The minimum atomic E-state index is -0.299. The van der Waals surface area contributed by atoms with Crippen molar-refractivity contribution in [2.75, 3.05) is 19.0 Å². The van der Waals surface area contributed by atoms with E-state index >= 15 is 0 Å². The van der Waals surface area contributed by atoms with Crippen LogP contribution in [-0.4, -0.2) is 34.7 Å². The number of halogens is 1. The van der Waals surface area contributed by atoms with Crippen LogP contribution in [0.2, 0.25) is 0 Å². The maximum absolute atomic E-state index is 13.1. The molecule has 0 fully saturated rings. The lowest BCUT2D eigenvalue weighted by molar-refractivity contribution is 0.102. The Morgan fingerprint density at radius 3 is 2.63 bits per heavy atom. The van der Waals surface area contributed by atoms with Crippen molar-refractivity contribution >= 4 is 17.5 Å². The van der Waals surface area contributed by atoms with E-state index in [1.807, 2.05) is 0 Å². The lowest BCUT2D eigenvalue weighted by atomic mass is 10.1. The summed E-state index contributed by atoms with van der Waals surface area (Å²) in [7, 11) is 0. The molecule has 0 unspecified atom stereocenters. The minimum absolute atomic E-state index is 0.0484. The Bertz CT molecular complexity index is 979. The molecule has 2 aromatic carbocycles. The zero-order chi connectivity index (χ0) is 18.6. The quantitative estimate of drug-likeness (QED) is 0.377. The van der Waals surface area contributed by atoms with Gasteiger partial charge in [-0.2, -0.15) is 0 Å². The predicted molar refractivity (Wildman–Crippen MR) is 99.9 cm³/mol. The monoisotopic (exact) mass is 382 g/mol. The lowest BCUT2D eigenvalue weighted by Crippen LogP contribution is -2.16. The van der Waals surface area contributed by atoms with Crippen LogP contribution >= 0.6 is 11.8 Å². The van der Waals surface area contributed by atoms with Gasteiger partial charge in [0.15, 0.2) is 22.4 Å². The van der Waals surface area contributed by atoms with Crippen LogP contribution in [0, 0.1) is 5.82 Å². The van der Waals surface area contributed by atoms with Gasteiger partial charge >= 0.3 is 0 Å². The summed E-state index contributed by atoms with van der Waals surface area (Å²) < 4.78 is 24.0. The molecule has 1 aromatic heterocycles. The summed E-state index contributed by atoms with van der Waals surface area (Å²) in [5.74, 6) is 1.10. The minimum Gasteiger partial charge on any atom is -0.486 e. The third-order valence-corrected chi connectivity index (χ3v) is 4.83. The molecular formula is C20H15FN2O3S. The van der Waals surface area contributed by atoms with Crippen molar-refractivity contribution in [2.45, 2.75) is 5.16 Å². The molecule has 0 saturated heterocycles. The number of thioether (sulfide) groups is 1. The van der Waals surface area contributed by atoms with E-state index in [2.05, 4.69) is 9.97 Å². The number of ketones is 1. The zero-order valence-electron chi connectivity index (χ0n) is 14.2. The molecule has 7 heteroatoms. The Kier molecular flexibility index (Phi) is 5.02. The van der Waals surface area contributed by atoms with Gasteiger partial charge in [-0.3, -0.25) is 4.79 Å². The van der Waals surface area contributed by atoms with Gasteiger partial charge in [-0.1, -0.05) is 11.8 Å². The van der Waals surface area contributed by atoms with Gasteiger partial charge in [0.25, 0.3) is 0 Å². The van der Waals surface area contributed by atoms with Crippen LogP contribution in [-0.2, 0) is 0 Å². The summed E-state index contributed by atoms with van der Waals surface area (Å²) in [4.78, 5) is 21.1. The van der Waals surface area contributed by atoms with Crippen molar-refractivity contribution in [3.8, 4) is 22.8 Å². The Morgan fingerprint density at radius 1 is 1.04 bits per heavy atom. The first kappa shape index (κ1) is 17.5. The second-order valence-corrected chi connectivity index (χ2v) is 6.74. The highest BCUT2D eigenvalue weighted by atomic mass is 32.2. The SMILES string of the molecule is O=C(CSc1nccc(-c2ccc(F)cc2)n1)c1ccc2c(c1)OCCO2. The van der Waals surface area contributed by atoms with Crippen molar-refractivity contribution in [3.05, 3.63) is 66.1 Å². The standard InChI is InChI=1S/C20H15FN2O3S/c21-15-4-1-13(2-5-15)16-7-8-22-20(23-16)27-12-17(24)14-3-6-18-19(11-14)26-10-9-25-18/h1-8,11H,9-10,12H2. The van der Waals surface area contributed by atoms with Crippen molar-refractivity contribution in [1.82, 2.24) is 9.97 Å². The number of fused-ring (bicyclic) bond motifs is 1. The number of hydrogen-bond donors (Lipinski definition) is 0. The first-order valence-corrected chi connectivity index (χ1v) is 9.32. The fraction of sp³-hybridized carbons (Fsp3) is 0.150. The van der Waals surface area contributed by atoms with E-state index in [9.17, 15) is 9.18 Å². The second kappa shape index (κ2) is 7.75. The Balaban J connectivity index is 1.45. The van der Waals surface area contributed by atoms with Crippen LogP contribution < -0.4 is 9.47 Å². The van der Waals surface area contributed by atoms with Crippen molar-refractivity contribution in [2.24, 2.45) is 0 Å².